The van der Waals surface area contributed by atoms with Crippen molar-refractivity contribution in [3.63, 3.8) is 0 Å². The summed E-state index contributed by atoms with van der Waals surface area (Å²) in [6, 6.07) is 16.2. The molecule has 0 unspecified atom stereocenters. The van der Waals surface area contributed by atoms with Crippen molar-refractivity contribution >= 4 is 23.7 Å². The second-order valence-electron chi connectivity index (χ2n) is 7.73. The lowest BCUT2D eigenvalue weighted by molar-refractivity contribution is -0.126. The summed E-state index contributed by atoms with van der Waals surface area (Å²) in [4.78, 5) is 14.8. The number of nitrogens with one attached hydrogen (secondary N) is 1. The van der Waals surface area contributed by atoms with Crippen LogP contribution in [0.2, 0.25) is 5.02 Å². The predicted octanol–water partition coefficient (Wildman–Crippen LogP) is 4.83. The Hall–Kier alpha value is -2.17. The van der Waals surface area contributed by atoms with Crippen LogP contribution in [0.25, 0.3) is 0 Å². The number of nitrogens with zero attached hydrogens (tertiary/aromatic N) is 2. The minimum Gasteiger partial charge on any atom is -0.299 e. The molecule has 2 aromatic carbocycles. The van der Waals surface area contributed by atoms with Crippen LogP contribution in [0.5, 0.6) is 0 Å². The Balaban J connectivity index is 1.42. The number of rotatable bonds is 6. The number of carbonyl (C=O) groups excluding carboxylic acids is 1. The van der Waals surface area contributed by atoms with E-state index in [9.17, 15) is 4.79 Å². The summed E-state index contributed by atoms with van der Waals surface area (Å²) in [7, 11) is 0. The maximum absolute atomic E-state index is 12.4. The minimum atomic E-state index is 0.0150. The summed E-state index contributed by atoms with van der Waals surface area (Å²) < 4.78 is 0. The van der Waals surface area contributed by atoms with Crippen molar-refractivity contribution in [2.75, 3.05) is 13.1 Å². The number of amides is 1. The molecular formula is C23H28ClN3O. The van der Waals surface area contributed by atoms with E-state index in [0.717, 1.165) is 43.1 Å². The first-order valence-corrected chi connectivity index (χ1v) is 10.3. The zero-order valence-electron chi connectivity index (χ0n) is 16.6. The Bertz CT molecular complexity index is 792. The van der Waals surface area contributed by atoms with Crippen molar-refractivity contribution in [2.24, 2.45) is 11.0 Å². The first kappa shape index (κ1) is 20.6. The van der Waals surface area contributed by atoms with Crippen LogP contribution >= 0.6 is 11.6 Å². The number of hydrogen-bond donors (Lipinski definition) is 1. The van der Waals surface area contributed by atoms with Crippen molar-refractivity contribution in [3.8, 4) is 0 Å². The third kappa shape index (κ3) is 5.91. The van der Waals surface area contributed by atoms with Gasteiger partial charge in [-0.2, -0.15) is 5.10 Å². The van der Waals surface area contributed by atoms with E-state index in [2.05, 4.69) is 53.5 Å². The quantitative estimate of drug-likeness (QED) is 0.560. The van der Waals surface area contributed by atoms with Crippen LogP contribution in [0.15, 0.2) is 53.6 Å². The second kappa shape index (κ2) is 9.85. The molecule has 3 rings (SSSR count). The highest BCUT2D eigenvalue weighted by Crippen LogP contribution is 2.20. The van der Waals surface area contributed by atoms with Gasteiger partial charge in [-0.3, -0.25) is 9.69 Å². The number of piperidine rings is 1. The van der Waals surface area contributed by atoms with Crippen molar-refractivity contribution in [2.45, 2.75) is 39.2 Å². The van der Waals surface area contributed by atoms with Crippen molar-refractivity contribution < 1.29 is 4.79 Å². The lowest BCUT2D eigenvalue weighted by Crippen LogP contribution is -2.39. The molecule has 1 aliphatic rings. The molecule has 0 bridgehead atoms. The molecule has 1 saturated heterocycles. The van der Waals surface area contributed by atoms with Gasteiger partial charge < -0.3 is 0 Å². The van der Waals surface area contributed by atoms with Crippen LogP contribution in [0.1, 0.15) is 49.3 Å². The van der Waals surface area contributed by atoms with Crippen LogP contribution in [-0.4, -0.2) is 30.1 Å². The molecule has 1 N–H and O–H groups in total. The van der Waals surface area contributed by atoms with Gasteiger partial charge in [0, 0.05) is 17.5 Å². The molecule has 0 aromatic heterocycles. The Labute approximate surface area is 172 Å². The van der Waals surface area contributed by atoms with Gasteiger partial charge in [0.2, 0.25) is 5.91 Å². The smallest absolute Gasteiger partial charge is 0.243 e. The first-order valence-electron chi connectivity index (χ1n) is 9.91. The number of halogens is 1. The monoisotopic (exact) mass is 397 g/mol. The lowest BCUT2D eigenvalue weighted by atomic mass is 9.96. The predicted molar refractivity (Wildman–Crippen MR) is 116 cm³/mol. The number of carbonyl (C=O) groups is 1. The van der Waals surface area contributed by atoms with Gasteiger partial charge in [0.15, 0.2) is 0 Å². The largest absolute Gasteiger partial charge is 0.299 e. The standard InChI is InChI=1S/C23H28ClN3O/c1-17(2)20-7-3-18(4-8-20)15-25-26-23(28)21-11-13-27(14-12-21)16-19-5-9-22(24)10-6-19/h3-10,15,17,21H,11-14,16H2,1-2H3,(H,26,28)/b25-15+. The molecule has 28 heavy (non-hydrogen) atoms. The van der Waals surface area contributed by atoms with Gasteiger partial charge in [-0.25, -0.2) is 5.43 Å². The molecule has 1 amide bonds. The normalized spacial score (nSPS) is 16.0. The van der Waals surface area contributed by atoms with Gasteiger partial charge in [-0.05, 0) is 60.7 Å². The van der Waals surface area contributed by atoms with Gasteiger partial charge >= 0.3 is 0 Å². The zero-order chi connectivity index (χ0) is 19.9. The van der Waals surface area contributed by atoms with E-state index >= 15 is 0 Å². The van der Waals surface area contributed by atoms with E-state index in [4.69, 9.17) is 11.6 Å². The van der Waals surface area contributed by atoms with E-state index in [0.29, 0.717) is 5.92 Å². The van der Waals surface area contributed by atoms with Crippen LogP contribution in [0.4, 0.5) is 0 Å². The summed E-state index contributed by atoms with van der Waals surface area (Å²) in [6.07, 6.45) is 3.42. The van der Waals surface area contributed by atoms with Crippen LogP contribution in [0, 0.1) is 5.92 Å². The summed E-state index contributed by atoms with van der Waals surface area (Å²) >= 11 is 5.94. The third-order valence-electron chi connectivity index (χ3n) is 5.27. The number of hydrogen-bond acceptors (Lipinski definition) is 3. The molecule has 0 aliphatic carbocycles. The van der Waals surface area contributed by atoms with Crippen molar-refractivity contribution in [1.82, 2.24) is 10.3 Å². The average molecular weight is 398 g/mol. The Kier molecular flexibility index (Phi) is 7.24. The summed E-state index contributed by atoms with van der Waals surface area (Å²) in [6.45, 7) is 7.08. The zero-order valence-corrected chi connectivity index (χ0v) is 17.3. The maximum atomic E-state index is 12.4. The fourth-order valence-electron chi connectivity index (χ4n) is 3.43. The molecule has 0 radical (unpaired) electrons. The van der Waals surface area contributed by atoms with Crippen molar-refractivity contribution in [3.05, 3.63) is 70.2 Å². The van der Waals surface area contributed by atoms with Gasteiger partial charge in [0.05, 0.1) is 6.21 Å². The number of benzene rings is 2. The van der Waals surface area contributed by atoms with Gasteiger partial charge in [0.1, 0.15) is 0 Å². The van der Waals surface area contributed by atoms with Crippen LogP contribution in [0.3, 0.4) is 0 Å². The highest BCUT2D eigenvalue weighted by molar-refractivity contribution is 6.30. The van der Waals surface area contributed by atoms with Crippen LogP contribution in [-0.2, 0) is 11.3 Å². The van der Waals surface area contributed by atoms with Crippen LogP contribution < -0.4 is 5.43 Å². The van der Waals surface area contributed by atoms with Gasteiger partial charge in [-0.1, -0.05) is 61.8 Å². The van der Waals surface area contributed by atoms with E-state index in [-0.39, 0.29) is 11.8 Å². The van der Waals surface area contributed by atoms with E-state index in [1.54, 1.807) is 6.21 Å². The molecule has 0 atom stereocenters. The molecule has 5 heteroatoms. The maximum Gasteiger partial charge on any atom is 0.243 e. The molecule has 148 valence electrons. The topological polar surface area (TPSA) is 44.7 Å². The fraction of sp³-hybridized carbons (Fsp3) is 0.391. The third-order valence-corrected chi connectivity index (χ3v) is 5.52. The minimum absolute atomic E-state index is 0.0150. The fourth-order valence-corrected chi connectivity index (χ4v) is 3.56. The summed E-state index contributed by atoms with van der Waals surface area (Å²) in [5.41, 5.74) is 6.24. The molecule has 0 saturated carbocycles. The SMILES string of the molecule is CC(C)c1ccc(/C=N/NC(=O)C2CCN(Cc3ccc(Cl)cc3)CC2)cc1. The number of hydrazone groups is 1. The molecule has 1 fully saturated rings. The number of likely N-dealkylation sites (tertiary alicyclic amines) is 1. The molecule has 4 nitrogen and oxygen atoms in total. The molecular weight excluding hydrogens is 370 g/mol. The highest BCUT2D eigenvalue weighted by Gasteiger charge is 2.24. The van der Waals surface area contributed by atoms with E-state index in [1.807, 2.05) is 24.3 Å². The summed E-state index contributed by atoms with van der Waals surface area (Å²) in [5.74, 6) is 0.555. The molecule has 0 spiro atoms. The highest BCUT2D eigenvalue weighted by atomic mass is 35.5. The molecule has 1 heterocycles. The second-order valence-corrected chi connectivity index (χ2v) is 8.17. The first-order chi connectivity index (χ1) is 13.5. The Morgan fingerprint density at radius 3 is 2.39 bits per heavy atom. The molecule has 2 aromatic rings. The van der Waals surface area contributed by atoms with Crippen molar-refractivity contribution in [1.29, 1.82) is 0 Å². The average Bonchev–Trinajstić information content (AvgIpc) is 2.70. The summed E-state index contributed by atoms with van der Waals surface area (Å²) in [5, 5.41) is 4.90. The van der Waals surface area contributed by atoms with Gasteiger partial charge in [0.25, 0.3) is 0 Å². The molecule has 1 aliphatic heterocycles. The lowest BCUT2D eigenvalue weighted by Gasteiger charge is -2.30. The van der Waals surface area contributed by atoms with Gasteiger partial charge in [-0.15, -0.1) is 0 Å². The Morgan fingerprint density at radius 2 is 1.79 bits per heavy atom. The Morgan fingerprint density at radius 1 is 1.14 bits per heavy atom. The van der Waals surface area contributed by atoms with E-state index in [1.165, 1.54) is 11.1 Å². The van der Waals surface area contributed by atoms with E-state index < -0.39 is 0 Å².